The van der Waals surface area contributed by atoms with Gasteiger partial charge in [-0.1, -0.05) is 0 Å². The fourth-order valence-corrected chi connectivity index (χ4v) is 2.19. The number of rotatable bonds is 7. The van der Waals surface area contributed by atoms with E-state index in [1.165, 1.54) is 0 Å². The van der Waals surface area contributed by atoms with Gasteiger partial charge in [0.25, 0.3) is 0 Å². The van der Waals surface area contributed by atoms with E-state index in [0.717, 1.165) is 27.8 Å². The topological polar surface area (TPSA) is 94.0 Å². The van der Waals surface area contributed by atoms with Crippen LogP contribution >= 0.6 is 11.8 Å². The molecule has 1 aromatic heterocycles. The van der Waals surface area contributed by atoms with Crippen molar-refractivity contribution in [1.29, 1.82) is 5.26 Å². The molecule has 0 radical (unpaired) electrons. The lowest BCUT2D eigenvalue weighted by Gasteiger charge is -2.17. The van der Waals surface area contributed by atoms with Crippen LogP contribution in [0.4, 0.5) is 4.79 Å². The Hall–Kier alpha value is -1.72. The first-order chi connectivity index (χ1) is 9.56. The molecule has 20 heavy (non-hydrogen) atoms. The van der Waals surface area contributed by atoms with Gasteiger partial charge in [0.2, 0.25) is 0 Å². The monoisotopic (exact) mass is 297 g/mol. The van der Waals surface area contributed by atoms with Gasteiger partial charge in [-0.05, 0) is 20.8 Å². The van der Waals surface area contributed by atoms with E-state index >= 15 is 0 Å². The van der Waals surface area contributed by atoms with Crippen molar-refractivity contribution < 1.29 is 9.63 Å². The number of hydroxylamine groups is 1. The largest absolute Gasteiger partial charge is 0.354 e. The van der Waals surface area contributed by atoms with Crippen LogP contribution in [0.5, 0.6) is 0 Å². The minimum atomic E-state index is -0.546. The van der Waals surface area contributed by atoms with Crippen molar-refractivity contribution >= 4 is 17.8 Å². The Bertz CT molecular complexity index is 469. The fraction of sp³-hybridized carbons (Fsp3) is 0.583. The predicted molar refractivity (Wildman–Crippen MR) is 76.6 cm³/mol. The van der Waals surface area contributed by atoms with Crippen LogP contribution in [0.3, 0.4) is 0 Å². The van der Waals surface area contributed by atoms with Crippen molar-refractivity contribution in [2.75, 3.05) is 12.4 Å². The average molecular weight is 297 g/mol. The number of urea groups is 1. The van der Waals surface area contributed by atoms with Crippen molar-refractivity contribution in [2.24, 2.45) is 0 Å². The zero-order valence-electron chi connectivity index (χ0n) is 11.8. The van der Waals surface area contributed by atoms with Crippen LogP contribution in [0.15, 0.2) is 6.33 Å². The summed E-state index contributed by atoms with van der Waals surface area (Å²) < 4.78 is 0. The Kier molecular flexibility index (Phi) is 6.90. The second-order valence-corrected chi connectivity index (χ2v) is 5.45. The summed E-state index contributed by atoms with van der Waals surface area (Å²) in [6.45, 7) is 5.86. The molecule has 0 fully saturated rings. The first kappa shape index (κ1) is 16.3. The minimum absolute atomic E-state index is 0.194. The zero-order valence-corrected chi connectivity index (χ0v) is 12.7. The summed E-state index contributed by atoms with van der Waals surface area (Å²) in [7, 11) is 0. The van der Waals surface area contributed by atoms with Crippen LogP contribution in [-0.2, 0) is 10.6 Å². The molecule has 0 aliphatic heterocycles. The molecule has 0 bridgehead atoms. The number of hydrogen-bond donors (Lipinski definition) is 2. The van der Waals surface area contributed by atoms with Gasteiger partial charge in [0.05, 0.1) is 18.6 Å². The molecule has 0 aromatic carbocycles. The maximum Gasteiger partial charge on any atom is 0.354 e. The average Bonchev–Trinajstić information content (AvgIpc) is 2.79. The first-order valence-electron chi connectivity index (χ1n) is 6.23. The standard InChI is InChI=1S/C12H19N5O2S/c1-9(2)17(7-13)12(18)16-19-4-5-20-6-11-10(3)14-8-15-11/h8-9H,4-6H2,1-3H3,(H,14,15)(H,16,18). The van der Waals surface area contributed by atoms with Crippen molar-refractivity contribution in [1.82, 2.24) is 20.3 Å². The highest BCUT2D eigenvalue weighted by atomic mass is 32.2. The van der Waals surface area contributed by atoms with E-state index in [2.05, 4.69) is 15.4 Å². The number of hydrogen-bond acceptors (Lipinski definition) is 5. The third-order valence-corrected chi connectivity index (χ3v) is 3.44. The smallest absolute Gasteiger partial charge is 0.348 e. The molecule has 2 amide bonds. The first-order valence-corrected chi connectivity index (χ1v) is 7.39. The Morgan fingerprint density at radius 3 is 3.00 bits per heavy atom. The summed E-state index contributed by atoms with van der Waals surface area (Å²) >= 11 is 1.66. The summed E-state index contributed by atoms with van der Waals surface area (Å²) in [6.07, 6.45) is 3.47. The molecule has 0 spiro atoms. The lowest BCUT2D eigenvalue weighted by atomic mass is 10.4. The molecular weight excluding hydrogens is 278 g/mol. The van der Waals surface area contributed by atoms with Crippen molar-refractivity contribution in [3.63, 3.8) is 0 Å². The van der Waals surface area contributed by atoms with E-state index in [1.807, 2.05) is 6.92 Å². The van der Waals surface area contributed by atoms with E-state index in [-0.39, 0.29) is 6.04 Å². The second-order valence-electron chi connectivity index (χ2n) is 4.35. The maximum atomic E-state index is 11.5. The third-order valence-electron chi connectivity index (χ3n) is 2.51. The van der Waals surface area contributed by atoms with Crippen LogP contribution in [0.2, 0.25) is 0 Å². The van der Waals surface area contributed by atoms with Gasteiger partial charge in [-0.2, -0.15) is 17.0 Å². The normalized spacial score (nSPS) is 10.3. The molecule has 8 heteroatoms. The third kappa shape index (κ3) is 5.11. The number of carbonyl (C=O) groups is 1. The van der Waals surface area contributed by atoms with Gasteiger partial charge < -0.3 is 4.98 Å². The number of H-pyrrole nitrogens is 1. The molecule has 0 saturated heterocycles. The highest BCUT2D eigenvalue weighted by molar-refractivity contribution is 7.98. The number of aromatic amines is 1. The van der Waals surface area contributed by atoms with Crippen molar-refractivity contribution in [3.8, 4) is 6.19 Å². The molecule has 0 saturated carbocycles. The molecule has 0 aliphatic carbocycles. The molecule has 7 nitrogen and oxygen atoms in total. The van der Waals surface area contributed by atoms with Gasteiger partial charge in [0.1, 0.15) is 0 Å². The van der Waals surface area contributed by atoms with E-state index in [9.17, 15) is 4.79 Å². The summed E-state index contributed by atoms with van der Waals surface area (Å²) in [5.74, 6) is 1.52. The van der Waals surface area contributed by atoms with Crippen LogP contribution in [0, 0.1) is 18.4 Å². The van der Waals surface area contributed by atoms with Gasteiger partial charge in [0.15, 0.2) is 6.19 Å². The van der Waals surface area contributed by atoms with Gasteiger partial charge in [-0.15, -0.1) is 0 Å². The highest BCUT2D eigenvalue weighted by Gasteiger charge is 2.15. The minimum Gasteiger partial charge on any atom is -0.348 e. The molecule has 2 N–H and O–H groups in total. The summed E-state index contributed by atoms with van der Waals surface area (Å²) in [5.41, 5.74) is 4.34. The molecule has 1 rings (SSSR count). The SMILES string of the molecule is Cc1[nH]cnc1CSCCONC(=O)N(C#N)C(C)C. The number of nitrogens with zero attached hydrogens (tertiary/aromatic N) is 3. The van der Waals surface area contributed by atoms with Crippen LogP contribution in [-0.4, -0.2) is 39.3 Å². The second kappa shape index (κ2) is 8.45. The predicted octanol–water partition coefficient (Wildman–Crippen LogP) is 1.78. The maximum absolute atomic E-state index is 11.5. The molecular formula is C12H19N5O2S. The fourth-order valence-electron chi connectivity index (χ4n) is 1.36. The van der Waals surface area contributed by atoms with Gasteiger partial charge in [-0.25, -0.2) is 20.2 Å². The van der Waals surface area contributed by atoms with Gasteiger partial charge in [-0.3, -0.25) is 4.84 Å². The van der Waals surface area contributed by atoms with E-state index < -0.39 is 6.03 Å². The van der Waals surface area contributed by atoms with Crippen LogP contribution in [0.1, 0.15) is 25.2 Å². The number of imidazole rings is 1. The van der Waals surface area contributed by atoms with Crippen LogP contribution < -0.4 is 5.48 Å². The Balaban J connectivity index is 2.12. The molecule has 0 unspecified atom stereocenters. The van der Waals surface area contributed by atoms with E-state index in [4.69, 9.17) is 10.1 Å². The summed E-state index contributed by atoms with van der Waals surface area (Å²) in [5, 5.41) is 8.78. The Morgan fingerprint density at radius 1 is 1.70 bits per heavy atom. The van der Waals surface area contributed by atoms with Crippen molar-refractivity contribution in [3.05, 3.63) is 17.7 Å². The number of nitriles is 1. The summed E-state index contributed by atoms with van der Waals surface area (Å²) in [4.78, 5) is 24.8. The summed E-state index contributed by atoms with van der Waals surface area (Å²) in [6, 6.07) is -0.740. The highest BCUT2D eigenvalue weighted by Crippen LogP contribution is 2.11. The van der Waals surface area contributed by atoms with E-state index in [1.54, 1.807) is 38.1 Å². The number of carbonyl (C=O) groups excluding carboxylic acids is 1. The molecule has 1 heterocycles. The number of thioether (sulfide) groups is 1. The number of aromatic nitrogens is 2. The quantitative estimate of drug-likeness (QED) is 0.346. The van der Waals surface area contributed by atoms with Crippen LogP contribution in [0.25, 0.3) is 0 Å². The molecule has 0 aliphatic rings. The lowest BCUT2D eigenvalue weighted by molar-refractivity contribution is 0.0607. The Labute approximate surface area is 122 Å². The lowest BCUT2D eigenvalue weighted by Crippen LogP contribution is -2.41. The van der Waals surface area contributed by atoms with Gasteiger partial charge >= 0.3 is 6.03 Å². The molecule has 0 atom stereocenters. The number of aryl methyl sites for hydroxylation is 1. The Morgan fingerprint density at radius 2 is 2.45 bits per heavy atom. The number of nitrogens with one attached hydrogen (secondary N) is 2. The van der Waals surface area contributed by atoms with E-state index in [0.29, 0.717) is 6.61 Å². The van der Waals surface area contributed by atoms with Gasteiger partial charge in [0, 0.05) is 23.2 Å². The van der Waals surface area contributed by atoms with Crippen molar-refractivity contribution in [2.45, 2.75) is 32.6 Å². The molecule has 1 aromatic rings. The zero-order chi connectivity index (χ0) is 15.0. The number of amides is 2. The molecule has 110 valence electrons.